The molecule has 2 aromatic rings. The molecular formula is C15H15BrN2O2. The van der Waals surface area contributed by atoms with Crippen LogP contribution in [0.1, 0.15) is 29.0 Å². The van der Waals surface area contributed by atoms with E-state index in [-0.39, 0.29) is 12.3 Å². The van der Waals surface area contributed by atoms with Gasteiger partial charge in [0.05, 0.1) is 17.8 Å². The van der Waals surface area contributed by atoms with E-state index >= 15 is 0 Å². The molecule has 20 heavy (non-hydrogen) atoms. The second kappa shape index (κ2) is 5.40. The lowest BCUT2D eigenvalue weighted by molar-refractivity contribution is -0.115. The summed E-state index contributed by atoms with van der Waals surface area (Å²) in [5.41, 5.74) is 4.19. The Balaban J connectivity index is 1.73. The maximum atomic E-state index is 12.0. The molecule has 3 rings (SSSR count). The van der Waals surface area contributed by atoms with Crippen LogP contribution >= 0.6 is 15.9 Å². The van der Waals surface area contributed by atoms with Crippen molar-refractivity contribution in [1.82, 2.24) is 5.16 Å². The lowest BCUT2D eigenvalue weighted by Gasteiger charge is -2.09. The molecule has 0 aliphatic heterocycles. The molecule has 0 fully saturated rings. The Labute approximate surface area is 125 Å². The van der Waals surface area contributed by atoms with Crippen molar-refractivity contribution in [2.24, 2.45) is 0 Å². The summed E-state index contributed by atoms with van der Waals surface area (Å²) in [7, 11) is 0. The van der Waals surface area contributed by atoms with Crippen LogP contribution in [0, 0.1) is 6.92 Å². The highest BCUT2D eigenvalue weighted by Crippen LogP contribution is 2.31. The second-order valence-electron chi connectivity index (χ2n) is 5.11. The second-order valence-corrected chi connectivity index (χ2v) is 5.96. The van der Waals surface area contributed by atoms with Crippen molar-refractivity contribution in [3.05, 3.63) is 45.3 Å². The number of hydrogen-bond acceptors (Lipinski definition) is 3. The zero-order chi connectivity index (χ0) is 14.1. The molecule has 0 unspecified atom stereocenters. The number of amides is 1. The normalized spacial score (nSPS) is 13.3. The van der Waals surface area contributed by atoms with Crippen molar-refractivity contribution in [2.75, 3.05) is 5.32 Å². The Hall–Kier alpha value is -1.62. The van der Waals surface area contributed by atoms with Gasteiger partial charge in [0, 0.05) is 10.5 Å². The summed E-state index contributed by atoms with van der Waals surface area (Å²) in [6.45, 7) is 1.81. The highest BCUT2D eigenvalue weighted by atomic mass is 79.9. The summed E-state index contributed by atoms with van der Waals surface area (Å²) in [6, 6.07) is 5.95. The molecule has 1 aliphatic rings. The molecule has 1 aromatic heterocycles. The van der Waals surface area contributed by atoms with Crippen molar-refractivity contribution >= 4 is 27.5 Å². The van der Waals surface area contributed by atoms with Crippen LogP contribution in [0.4, 0.5) is 5.69 Å². The van der Waals surface area contributed by atoms with Crippen molar-refractivity contribution < 1.29 is 9.32 Å². The fourth-order valence-electron chi connectivity index (χ4n) is 2.55. The molecule has 0 radical (unpaired) electrons. The number of aryl methyl sites for hydroxylation is 3. The predicted octanol–water partition coefficient (Wildman–Crippen LogP) is 3.42. The Morgan fingerprint density at radius 3 is 2.80 bits per heavy atom. The highest BCUT2D eigenvalue weighted by Gasteiger charge is 2.15. The quantitative estimate of drug-likeness (QED) is 0.935. The van der Waals surface area contributed by atoms with Gasteiger partial charge >= 0.3 is 0 Å². The first-order valence-corrected chi connectivity index (χ1v) is 7.44. The number of rotatable bonds is 3. The lowest BCUT2D eigenvalue weighted by Crippen LogP contribution is -2.15. The summed E-state index contributed by atoms with van der Waals surface area (Å²) < 4.78 is 5.89. The van der Waals surface area contributed by atoms with Gasteiger partial charge in [0.2, 0.25) is 5.91 Å². The van der Waals surface area contributed by atoms with Crippen LogP contribution in [0.15, 0.2) is 27.2 Å². The first-order chi connectivity index (χ1) is 9.61. The third-order valence-corrected chi connectivity index (χ3v) is 4.13. The number of anilines is 1. The number of nitrogens with one attached hydrogen (secondary N) is 1. The van der Waals surface area contributed by atoms with E-state index in [2.05, 4.69) is 38.5 Å². The van der Waals surface area contributed by atoms with E-state index in [1.165, 1.54) is 17.5 Å². The Morgan fingerprint density at radius 2 is 2.10 bits per heavy atom. The molecule has 1 amide bonds. The molecule has 0 saturated heterocycles. The van der Waals surface area contributed by atoms with Gasteiger partial charge in [-0.3, -0.25) is 4.79 Å². The topological polar surface area (TPSA) is 55.1 Å². The maximum absolute atomic E-state index is 12.0. The van der Waals surface area contributed by atoms with Gasteiger partial charge in [0.25, 0.3) is 0 Å². The minimum Gasteiger partial charge on any atom is -0.361 e. The predicted molar refractivity (Wildman–Crippen MR) is 79.7 cm³/mol. The number of aromatic nitrogens is 1. The number of nitrogens with zero attached hydrogens (tertiary/aromatic N) is 1. The first kappa shape index (κ1) is 13.4. The number of hydrogen-bond donors (Lipinski definition) is 1. The van der Waals surface area contributed by atoms with Gasteiger partial charge in [-0.05, 0) is 65.4 Å². The van der Waals surface area contributed by atoms with E-state index < -0.39 is 0 Å². The standard InChI is InChI=1S/C15H15BrN2O2/c1-9-5-12(18-20-9)8-15(19)17-14-7-11-4-2-3-10(11)6-13(14)16/h5-7H,2-4,8H2,1H3,(H,17,19). The van der Waals surface area contributed by atoms with Crippen molar-refractivity contribution in [3.8, 4) is 0 Å². The zero-order valence-electron chi connectivity index (χ0n) is 11.2. The van der Waals surface area contributed by atoms with Crippen molar-refractivity contribution in [1.29, 1.82) is 0 Å². The van der Waals surface area contributed by atoms with Gasteiger partial charge in [0.15, 0.2) is 0 Å². The van der Waals surface area contributed by atoms with E-state index in [0.717, 1.165) is 23.0 Å². The van der Waals surface area contributed by atoms with E-state index in [1.807, 2.05) is 6.92 Å². The van der Waals surface area contributed by atoms with Crippen molar-refractivity contribution in [2.45, 2.75) is 32.6 Å². The van der Waals surface area contributed by atoms with Gasteiger partial charge in [-0.15, -0.1) is 0 Å². The average molecular weight is 335 g/mol. The molecule has 5 heteroatoms. The number of halogens is 1. The maximum Gasteiger partial charge on any atom is 0.230 e. The SMILES string of the molecule is Cc1cc(CC(=O)Nc2cc3c(cc2Br)CCC3)no1. The molecule has 0 bridgehead atoms. The van der Waals surface area contributed by atoms with Crippen LogP contribution in [-0.4, -0.2) is 11.1 Å². The average Bonchev–Trinajstić information content (AvgIpc) is 2.98. The highest BCUT2D eigenvalue weighted by molar-refractivity contribution is 9.10. The van der Waals surface area contributed by atoms with Gasteiger partial charge in [-0.25, -0.2) is 0 Å². The van der Waals surface area contributed by atoms with E-state index in [0.29, 0.717) is 11.5 Å². The minimum absolute atomic E-state index is 0.0862. The molecule has 1 aliphatic carbocycles. The van der Waals surface area contributed by atoms with Crippen molar-refractivity contribution in [3.63, 3.8) is 0 Å². The van der Waals surface area contributed by atoms with Crippen LogP contribution in [0.5, 0.6) is 0 Å². The molecule has 104 valence electrons. The third-order valence-electron chi connectivity index (χ3n) is 3.47. The smallest absolute Gasteiger partial charge is 0.230 e. The Bertz CT molecular complexity index is 664. The van der Waals surface area contributed by atoms with Crippen LogP contribution in [0.2, 0.25) is 0 Å². The number of carbonyl (C=O) groups is 1. The third kappa shape index (κ3) is 2.77. The van der Waals surface area contributed by atoms with Gasteiger partial charge in [-0.1, -0.05) is 5.16 Å². The summed E-state index contributed by atoms with van der Waals surface area (Å²) in [6.07, 6.45) is 3.63. The van der Waals surface area contributed by atoms with Crippen LogP contribution in [0.25, 0.3) is 0 Å². The molecule has 0 atom stereocenters. The number of carbonyl (C=O) groups excluding carboxylic acids is 1. The molecule has 1 heterocycles. The molecule has 0 spiro atoms. The summed E-state index contributed by atoms with van der Waals surface area (Å²) in [4.78, 5) is 12.0. The fourth-order valence-corrected chi connectivity index (χ4v) is 3.04. The summed E-state index contributed by atoms with van der Waals surface area (Å²) in [5.74, 6) is 0.628. The fraction of sp³-hybridized carbons (Fsp3) is 0.333. The largest absolute Gasteiger partial charge is 0.361 e. The van der Waals surface area contributed by atoms with Crippen LogP contribution < -0.4 is 5.32 Å². The first-order valence-electron chi connectivity index (χ1n) is 6.65. The van der Waals surface area contributed by atoms with E-state index in [4.69, 9.17) is 4.52 Å². The summed E-state index contributed by atoms with van der Waals surface area (Å²) in [5, 5.41) is 6.76. The van der Waals surface area contributed by atoms with Gasteiger partial charge in [-0.2, -0.15) is 0 Å². The Kier molecular flexibility index (Phi) is 3.61. The van der Waals surface area contributed by atoms with Crippen LogP contribution in [-0.2, 0) is 24.1 Å². The monoisotopic (exact) mass is 334 g/mol. The van der Waals surface area contributed by atoms with Crippen LogP contribution in [0.3, 0.4) is 0 Å². The van der Waals surface area contributed by atoms with E-state index in [1.54, 1.807) is 6.07 Å². The summed E-state index contributed by atoms with van der Waals surface area (Å²) >= 11 is 3.52. The molecule has 1 N–H and O–H groups in total. The zero-order valence-corrected chi connectivity index (χ0v) is 12.8. The van der Waals surface area contributed by atoms with Gasteiger partial charge in [0.1, 0.15) is 5.76 Å². The number of benzene rings is 1. The molecule has 1 aromatic carbocycles. The molecule has 4 nitrogen and oxygen atoms in total. The minimum atomic E-state index is -0.0862. The molecule has 0 saturated carbocycles. The molecular weight excluding hydrogens is 320 g/mol. The van der Waals surface area contributed by atoms with Gasteiger partial charge < -0.3 is 9.84 Å². The van der Waals surface area contributed by atoms with E-state index in [9.17, 15) is 4.79 Å². The lowest BCUT2D eigenvalue weighted by atomic mass is 10.1. The Morgan fingerprint density at radius 1 is 1.35 bits per heavy atom. The number of fused-ring (bicyclic) bond motifs is 1.